The number of benzene rings is 2. The van der Waals surface area contributed by atoms with Crippen molar-refractivity contribution in [1.29, 1.82) is 0 Å². The minimum absolute atomic E-state index is 0.0119. The number of carbonyl (C=O) groups excluding carboxylic acids is 2. The van der Waals surface area contributed by atoms with Crippen LogP contribution in [0.25, 0.3) is 0 Å². The molecule has 2 aromatic carbocycles. The molecule has 3 rings (SSSR count). The zero-order valence-electron chi connectivity index (χ0n) is 19.3. The van der Waals surface area contributed by atoms with Crippen LogP contribution >= 0.6 is 0 Å². The van der Waals surface area contributed by atoms with E-state index in [1.54, 1.807) is 25.3 Å². The normalized spacial score (nSPS) is 14.8. The third-order valence-electron chi connectivity index (χ3n) is 5.50. The van der Waals surface area contributed by atoms with Gasteiger partial charge >= 0.3 is 0 Å². The van der Waals surface area contributed by atoms with Gasteiger partial charge in [0.25, 0.3) is 5.91 Å². The average Bonchev–Trinajstić information content (AvgIpc) is 2.87. The molecule has 0 spiro atoms. The van der Waals surface area contributed by atoms with Crippen LogP contribution in [0.3, 0.4) is 0 Å². The molecule has 1 heterocycles. The maximum atomic E-state index is 12.5. The van der Waals surface area contributed by atoms with Gasteiger partial charge in [0.2, 0.25) is 5.91 Å². The average molecular weight is 458 g/mol. The van der Waals surface area contributed by atoms with Crippen LogP contribution in [-0.4, -0.2) is 77.4 Å². The van der Waals surface area contributed by atoms with E-state index in [1.165, 1.54) is 14.2 Å². The number of nitrogens with one attached hydrogen (secondary N) is 2. The largest absolute Gasteiger partial charge is 0.497 e. The van der Waals surface area contributed by atoms with E-state index in [-0.39, 0.29) is 24.4 Å². The lowest BCUT2D eigenvalue weighted by Gasteiger charge is -2.35. The number of carbonyl (C=O) groups is 2. The minimum atomic E-state index is -0.387. The fraction of sp³-hybridized carbons (Fsp3) is 0.417. The topological polar surface area (TPSA) is 98.4 Å². The summed E-state index contributed by atoms with van der Waals surface area (Å²) in [6.07, 6.45) is 0. The quantitative estimate of drug-likeness (QED) is 0.560. The van der Waals surface area contributed by atoms with E-state index in [9.17, 15) is 9.59 Å². The second-order valence-electron chi connectivity index (χ2n) is 7.53. The molecule has 33 heavy (non-hydrogen) atoms. The molecule has 2 aromatic rings. The molecule has 0 aromatic heterocycles. The molecule has 0 unspecified atom stereocenters. The minimum Gasteiger partial charge on any atom is -0.497 e. The molecular formula is C24H31N3O6. The van der Waals surface area contributed by atoms with Gasteiger partial charge in [-0.25, -0.2) is 0 Å². The Morgan fingerprint density at radius 3 is 2.09 bits per heavy atom. The lowest BCUT2D eigenvalue weighted by molar-refractivity contribution is -0.120. The number of ether oxygens (including phenoxy) is 4. The summed E-state index contributed by atoms with van der Waals surface area (Å²) in [7, 11) is 4.65. The molecule has 2 N–H and O–H groups in total. The van der Waals surface area contributed by atoms with Crippen LogP contribution in [0.15, 0.2) is 42.5 Å². The monoisotopic (exact) mass is 457 g/mol. The standard InChI is InChI=1S/C24H31N3O6/c1-30-19-6-4-17(5-7-19)22(27-8-10-33-11-9-27)15-25-23(28)16-26-24(29)18-12-20(31-2)14-21(13-18)32-3/h4-7,12-14,22H,8-11,15-16H2,1-3H3,(H,25,28)(H,26,29)/t22-/m1/s1. The van der Waals surface area contributed by atoms with Gasteiger partial charge in [-0.15, -0.1) is 0 Å². The highest BCUT2D eigenvalue weighted by atomic mass is 16.5. The Morgan fingerprint density at radius 1 is 0.909 bits per heavy atom. The van der Waals surface area contributed by atoms with Gasteiger partial charge in [-0.3, -0.25) is 14.5 Å². The smallest absolute Gasteiger partial charge is 0.251 e. The molecule has 0 saturated carbocycles. The van der Waals surface area contributed by atoms with E-state index in [1.807, 2.05) is 24.3 Å². The van der Waals surface area contributed by atoms with Gasteiger partial charge in [0.05, 0.1) is 47.1 Å². The first-order chi connectivity index (χ1) is 16.0. The molecule has 1 fully saturated rings. The zero-order valence-corrected chi connectivity index (χ0v) is 19.3. The molecule has 1 aliphatic heterocycles. The van der Waals surface area contributed by atoms with E-state index in [0.29, 0.717) is 36.8 Å². The summed E-state index contributed by atoms with van der Waals surface area (Å²) in [5, 5.41) is 5.59. The Labute approximate surface area is 193 Å². The SMILES string of the molecule is COc1ccc([C@@H](CNC(=O)CNC(=O)c2cc(OC)cc(OC)c2)N2CCOCC2)cc1. The second kappa shape index (κ2) is 12.1. The van der Waals surface area contributed by atoms with Crippen LogP contribution in [-0.2, 0) is 9.53 Å². The Balaban J connectivity index is 1.59. The number of amides is 2. The first kappa shape index (κ1) is 24.3. The predicted molar refractivity (Wildman–Crippen MR) is 123 cm³/mol. The maximum Gasteiger partial charge on any atom is 0.251 e. The number of rotatable bonds is 10. The highest BCUT2D eigenvalue weighted by Crippen LogP contribution is 2.24. The van der Waals surface area contributed by atoms with Crippen LogP contribution in [0.2, 0.25) is 0 Å². The molecule has 9 heteroatoms. The molecule has 2 amide bonds. The molecular weight excluding hydrogens is 426 g/mol. The summed E-state index contributed by atoms with van der Waals surface area (Å²) in [5.74, 6) is 1.11. The third-order valence-corrected chi connectivity index (χ3v) is 5.50. The molecule has 1 aliphatic rings. The number of nitrogens with zero attached hydrogens (tertiary/aromatic N) is 1. The summed E-state index contributed by atoms with van der Waals surface area (Å²) in [6, 6.07) is 12.7. The molecule has 178 valence electrons. The van der Waals surface area contributed by atoms with E-state index in [2.05, 4.69) is 15.5 Å². The van der Waals surface area contributed by atoms with E-state index < -0.39 is 0 Å². The van der Waals surface area contributed by atoms with Crippen molar-refractivity contribution in [3.05, 3.63) is 53.6 Å². The molecule has 0 radical (unpaired) electrons. The van der Waals surface area contributed by atoms with Crippen molar-refractivity contribution in [3.8, 4) is 17.2 Å². The van der Waals surface area contributed by atoms with Crippen molar-refractivity contribution >= 4 is 11.8 Å². The van der Waals surface area contributed by atoms with Gasteiger partial charge < -0.3 is 29.6 Å². The Morgan fingerprint density at radius 2 is 1.52 bits per heavy atom. The fourth-order valence-corrected chi connectivity index (χ4v) is 3.65. The van der Waals surface area contributed by atoms with Gasteiger partial charge in [-0.2, -0.15) is 0 Å². The highest BCUT2D eigenvalue weighted by molar-refractivity contribution is 5.97. The van der Waals surface area contributed by atoms with E-state index in [4.69, 9.17) is 18.9 Å². The Hall–Kier alpha value is -3.30. The second-order valence-corrected chi connectivity index (χ2v) is 7.53. The van der Waals surface area contributed by atoms with Gasteiger partial charge in [0.15, 0.2) is 0 Å². The van der Waals surface area contributed by atoms with Gasteiger partial charge in [0, 0.05) is 31.3 Å². The summed E-state index contributed by atoms with van der Waals surface area (Å²) in [6.45, 7) is 3.13. The van der Waals surface area contributed by atoms with Gasteiger partial charge in [-0.1, -0.05) is 12.1 Å². The van der Waals surface area contributed by atoms with E-state index in [0.717, 1.165) is 24.4 Å². The van der Waals surface area contributed by atoms with Crippen LogP contribution < -0.4 is 24.8 Å². The van der Waals surface area contributed by atoms with Crippen LogP contribution in [0.1, 0.15) is 22.0 Å². The van der Waals surface area contributed by atoms with Crippen molar-refractivity contribution < 1.29 is 28.5 Å². The molecule has 0 aliphatic carbocycles. The van der Waals surface area contributed by atoms with Crippen molar-refractivity contribution in [2.24, 2.45) is 0 Å². The van der Waals surface area contributed by atoms with E-state index >= 15 is 0 Å². The van der Waals surface area contributed by atoms with Gasteiger partial charge in [-0.05, 0) is 29.8 Å². The fourth-order valence-electron chi connectivity index (χ4n) is 3.65. The molecule has 1 atom stereocenters. The zero-order chi connectivity index (χ0) is 23.6. The number of morpholine rings is 1. The van der Waals surface area contributed by atoms with Crippen LogP contribution in [0.4, 0.5) is 0 Å². The van der Waals surface area contributed by atoms with Crippen molar-refractivity contribution in [2.75, 3.05) is 60.7 Å². The summed E-state index contributed by atoms with van der Waals surface area (Å²) >= 11 is 0. The summed E-state index contributed by atoms with van der Waals surface area (Å²) in [5.41, 5.74) is 1.42. The first-order valence-corrected chi connectivity index (χ1v) is 10.8. The van der Waals surface area contributed by atoms with Gasteiger partial charge in [0.1, 0.15) is 17.2 Å². The predicted octanol–water partition coefficient (Wildman–Crippen LogP) is 1.63. The van der Waals surface area contributed by atoms with Crippen molar-refractivity contribution in [2.45, 2.75) is 6.04 Å². The molecule has 9 nitrogen and oxygen atoms in total. The molecule has 0 bridgehead atoms. The lowest BCUT2D eigenvalue weighted by atomic mass is 10.0. The van der Waals surface area contributed by atoms with Crippen LogP contribution in [0, 0.1) is 0 Å². The third kappa shape index (κ3) is 6.84. The van der Waals surface area contributed by atoms with Crippen LogP contribution in [0.5, 0.6) is 17.2 Å². The van der Waals surface area contributed by atoms with Crippen molar-refractivity contribution in [3.63, 3.8) is 0 Å². The number of hydrogen-bond acceptors (Lipinski definition) is 7. The Kier molecular flexibility index (Phi) is 8.91. The number of methoxy groups -OCH3 is 3. The maximum absolute atomic E-state index is 12.5. The number of hydrogen-bond donors (Lipinski definition) is 2. The summed E-state index contributed by atoms with van der Waals surface area (Å²) < 4.78 is 21.1. The van der Waals surface area contributed by atoms with Crippen molar-refractivity contribution in [1.82, 2.24) is 15.5 Å². The highest BCUT2D eigenvalue weighted by Gasteiger charge is 2.23. The molecule has 1 saturated heterocycles. The lowest BCUT2D eigenvalue weighted by Crippen LogP contribution is -2.45. The summed E-state index contributed by atoms with van der Waals surface area (Å²) in [4.78, 5) is 27.3. The Bertz CT molecular complexity index is 906. The first-order valence-electron chi connectivity index (χ1n) is 10.8.